The van der Waals surface area contributed by atoms with Crippen molar-refractivity contribution < 1.29 is 9.53 Å². The highest BCUT2D eigenvalue weighted by atomic mass is 16.6. The standard InChI is InChI=1S/C19H23N5O2/c1-22-9-6-15(13-22)14-26-19(25)24-11-10-23(18-12-20-7-8-21-18)16-4-2-3-5-17(16)24/h2-5,7-8,12,15H,6,9-11,13-14H2,1H3/t15-/m1/s1. The van der Waals surface area contributed by atoms with Gasteiger partial charge in [0.05, 0.1) is 24.2 Å². The Kier molecular flexibility index (Phi) is 4.71. The summed E-state index contributed by atoms with van der Waals surface area (Å²) in [6.07, 6.45) is 5.88. The van der Waals surface area contributed by atoms with Gasteiger partial charge in [-0.15, -0.1) is 0 Å². The Morgan fingerprint density at radius 3 is 2.77 bits per heavy atom. The monoisotopic (exact) mass is 353 g/mol. The molecule has 0 saturated carbocycles. The van der Waals surface area contributed by atoms with Gasteiger partial charge in [0.15, 0.2) is 5.82 Å². The molecule has 2 aromatic rings. The molecule has 0 unspecified atom stereocenters. The second-order valence-corrected chi connectivity index (χ2v) is 6.85. The number of ether oxygens (including phenoxy) is 1. The number of para-hydroxylation sites is 2. The van der Waals surface area contributed by atoms with Gasteiger partial charge in [-0.2, -0.15) is 0 Å². The smallest absolute Gasteiger partial charge is 0.414 e. The fourth-order valence-corrected chi connectivity index (χ4v) is 3.65. The Morgan fingerprint density at radius 1 is 1.19 bits per heavy atom. The van der Waals surface area contributed by atoms with Gasteiger partial charge in [0.1, 0.15) is 0 Å². The van der Waals surface area contributed by atoms with Gasteiger partial charge in [-0.05, 0) is 32.1 Å². The van der Waals surface area contributed by atoms with Gasteiger partial charge in [-0.3, -0.25) is 9.88 Å². The molecule has 0 spiro atoms. The lowest BCUT2D eigenvalue weighted by Gasteiger charge is -2.36. The number of rotatable bonds is 3. The highest BCUT2D eigenvalue weighted by molar-refractivity contribution is 5.94. The predicted octanol–water partition coefficient (Wildman–Crippen LogP) is 2.52. The third-order valence-electron chi connectivity index (χ3n) is 4.99. The molecule has 1 aromatic heterocycles. The van der Waals surface area contributed by atoms with Crippen LogP contribution in [0.2, 0.25) is 0 Å². The predicted molar refractivity (Wildman–Crippen MR) is 99.8 cm³/mol. The van der Waals surface area contributed by atoms with Crippen LogP contribution < -0.4 is 9.80 Å². The van der Waals surface area contributed by atoms with Crippen LogP contribution in [0.5, 0.6) is 0 Å². The maximum atomic E-state index is 12.7. The SMILES string of the molecule is CN1CC[C@@H](COC(=O)N2CCN(c3cnccn3)c3ccccc32)C1. The van der Waals surface area contributed by atoms with Gasteiger partial charge in [0.2, 0.25) is 0 Å². The van der Waals surface area contributed by atoms with Gasteiger partial charge in [0.25, 0.3) is 0 Å². The minimum atomic E-state index is -0.272. The molecule has 1 atom stereocenters. The summed E-state index contributed by atoms with van der Waals surface area (Å²) in [6.45, 7) is 3.75. The molecule has 1 amide bonds. The molecule has 2 aliphatic heterocycles. The summed E-state index contributed by atoms with van der Waals surface area (Å²) in [4.78, 5) is 27.3. The van der Waals surface area contributed by atoms with Gasteiger partial charge in [-0.25, -0.2) is 9.78 Å². The lowest BCUT2D eigenvalue weighted by molar-refractivity contribution is 0.135. The topological polar surface area (TPSA) is 61.8 Å². The molecule has 136 valence electrons. The minimum absolute atomic E-state index is 0.272. The van der Waals surface area contributed by atoms with Crippen LogP contribution >= 0.6 is 0 Å². The third kappa shape index (κ3) is 3.35. The Hall–Kier alpha value is -2.67. The molecule has 0 radical (unpaired) electrons. The zero-order valence-corrected chi connectivity index (χ0v) is 14.9. The number of hydrogen-bond donors (Lipinski definition) is 0. The largest absolute Gasteiger partial charge is 0.449 e. The summed E-state index contributed by atoms with van der Waals surface area (Å²) in [5.74, 6) is 1.21. The van der Waals surface area contributed by atoms with Crippen LogP contribution in [0.1, 0.15) is 6.42 Å². The van der Waals surface area contributed by atoms with Crippen LogP contribution in [0.25, 0.3) is 0 Å². The highest BCUT2D eigenvalue weighted by Gasteiger charge is 2.30. The van der Waals surface area contributed by atoms with Crippen molar-refractivity contribution in [3.63, 3.8) is 0 Å². The molecule has 4 rings (SSSR count). The van der Waals surface area contributed by atoms with Gasteiger partial charge < -0.3 is 14.5 Å². The molecular formula is C19H23N5O2. The van der Waals surface area contributed by atoms with Gasteiger partial charge in [-0.1, -0.05) is 12.1 Å². The Balaban J connectivity index is 1.50. The summed E-state index contributed by atoms with van der Waals surface area (Å²) in [5.41, 5.74) is 1.79. The molecule has 0 N–H and O–H groups in total. The zero-order valence-electron chi connectivity index (χ0n) is 14.9. The van der Waals surface area contributed by atoms with Crippen LogP contribution in [0.15, 0.2) is 42.9 Å². The first-order valence-electron chi connectivity index (χ1n) is 8.98. The molecule has 1 fully saturated rings. The quantitative estimate of drug-likeness (QED) is 0.845. The van der Waals surface area contributed by atoms with Crippen molar-refractivity contribution in [3.8, 4) is 0 Å². The normalized spacial score (nSPS) is 20.1. The molecule has 1 aromatic carbocycles. The first kappa shape index (κ1) is 16.8. The number of anilines is 3. The summed E-state index contributed by atoms with van der Waals surface area (Å²) >= 11 is 0. The van der Waals surface area contributed by atoms with E-state index in [0.717, 1.165) is 36.7 Å². The highest BCUT2D eigenvalue weighted by Crippen LogP contribution is 2.36. The number of carbonyl (C=O) groups excluding carboxylic acids is 1. The van der Waals surface area contributed by atoms with Crippen LogP contribution in [-0.2, 0) is 4.74 Å². The van der Waals surface area contributed by atoms with E-state index in [0.29, 0.717) is 25.6 Å². The van der Waals surface area contributed by atoms with E-state index in [-0.39, 0.29) is 6.09 Å². The van der Waals surface area contributed by atoms with Crippen LogP contribution in [0, 0.1) is 5.92 Å². The summed E-state index contributed by atoms with van der Waals surface area (Å²) in [5, 5.41) is 0. The number of benzene rings is 1. The molecule has 7 nitrogen and oxygen atoms in total. The van der Waals surface area contributed by atoms with E-state index >= 15 is 0 Å². The van der Waals surface area contributed by atoms with E-state index in [1.54, 1.807) is 23.5 Å². The fourth-order valence-electron chi connectivity index (χ4n) is 3.65. The van der Waals surface area contributed by atoms with Crippen molar-refractivity contribution in [2.45, 2.75) is 6.42 Å². The number of aromatic nitrogens is 2. The molecule has 0 aliphatic carbocycles. The zero-order chi connectivity index (χ0) is 17.9. The van der Waals surface area contributed by atoms with Gasteiger partial charge in [0, 0.05) is 37.9 Å². The van der Waals surface area contributed by atoms with E-state index < -0.39 is 0 Å². The second kappa shape index (κ2) is 7.29. The number of hydrogen-bond acceptors (Lipinski definition) is 6. The number of nitrogens with zero attached hydrogens (tertiary/aromatic N) is 5. The molecule has 0 bridgehead atoms. The van der Waals surface area contributed by atoms with E-state index in [2.05, 4.69) is 26.8 Å². The number of carbonyl (C=O) groups is 1. The van der Waals surface area contributed by atoms with Gasteiger partial charge >= 0.3 is 6.09 Å². The molecule has 2 aliphatic rings. The number of fused-ring (bicyclic) bond motifs is 1. The second-order valence-electron chi connectivity index (χ2n) is 6.85. The van der Waals surface area contributed by atoms with Crippen molar-refractivity contribution in [1.82, 2.24) is 14.9 Å². The van der Waals surface area contributed by atoms with Crippen LogP contribution in [0.4, 0.5) is 22.0 Å². The molecule has 1 saturated heterocycles. The summed E-state index contributed by atoms with van der Waals surface area (Å²) in [6, 6.07) is 7.84. The first-order valence-corrected chi connectivity index (χ1v) is 8.98. The van der Waals surface area contributed by atoms with E-state index in [1.807, 2.05) is 24.3 Å². The van der Waals surface area contributed by atoms with Crippen molar-refractivity contribution in [2.24, 2.45) is 5.92 Å². The molecule has 7 heteroatoms. The maximum Gasteiger partial charge on any atom is 0.414 e. The minimum Gasteiger partial charge on any atom is -0.449 e. The van der Waals surface area contributed by atoms with E-state index in [9.17, 15) is 4.79 Å². The van der Waals surface area contributed by atoms with Crippen molar-refractivity contribution in [2.75, 3.05) is 49.6 Å². The van der Waals surface area contributed by atoms with Crippen molar-refractivity contribution in [3.05, 3.63) is 42.9 Å². The molecule has 26 heavy (non-hydrogen) atoms. The lowest BCUT2D eigenvalue weighted by atomic mass is 10.1. The summed E-state index contributed by atoms with van der Waals surface area (Å²) < 4.78 is 5.63. The Labute approximate surface area is 153 Å². The van der Waals surface area contributed by atoms with Crippen LogP contribution in [0.3, 0.4) is 0 Å². The molecule has 3 heterocycles. The fraction of sp³-hybridized carbons (Fsp3) is 0.421. The molecular weight excluding hydrogens is 330 g/mol. The number of likely N-dealkylation sites (tertiary alicyclic amines) is 1. The van der Waals surface area contributed by atoms with Crippen molar-refractivity contribution in [1.29, 1.82) is 0 Å². The van der Waals surface area contributed by atoms with E-state index in [4.69, 9.17) is 4.74 Å². The Morgan fingerprint density at radius 2 is 2.04 bits per heavy atom. The number of amides is 1. The average Bonchev–Trinajstić information content (AvgIpc) is 3.11. The maximum absolute atomic E-state index is 12.7. The Bertz CT molecular complexity index is 770. The average molecular weight is 353 g/mol. The third-order valence-corrected chi connectivity index (χ3v) is 4.99. The van der Waals surface area contributed by atoms with Crippen LogP contribution in [-0.4, -0.2) is 60.8 Å². The summed E-state index contributed by atoms with van der Waals surface area (Å²) in [7, 11) is 2.10. The lowest BCUT2D eigenvalue weighted by Crippen LogP contribution is -2.43. The van der Waals surface area contributed by atoms with E-state index in [1.165, 1.54) is 0 Å². The van der Waals surface area contributed by atoms with Crippen molar-refractivity contribution >= 4 is 23.3 Å². The first-order chi connectivity index (χ1) is 12.7.